The van der Waals surface area contributed by atoms with Gasteiger partial charge in [-0.05, 0) is 54.5 Å². The number of furan rings is 1. The van der Waals surface area contributed by atoms with Gasteiger partial charge in [0.25, 0.3) is 0 Å². The van der Waals surface area contributed by atoms with Crippen LogP contribution in [0.5, 0.6) is 0 Å². The molecule has 3 aromatic rings. The third-order valence-electron chi connectivity index (χ3n) is 5.85. The average Bonchev–Trinajstić information content (AvgIpc) is 3.46. The summed E-state index contributed by atoms with van der Waals surface area (Å²) >= 11 is 6.28. The molecular weight excluding hydrogens is 450 g/mol. The molecule has 2 heterocycles. The van der Waals surface area contributed by atoms with Crippen LogP contribution >= 0.6 is 11.6 Å². The molecular formula is C23H24ClN3O4S. The van der Waals surface area contributed by atoms with Crippen LogP contribution in [-0.2, 0) is 14.6 Å². The lowest BCUT2D eigenvalue weighted by molar-refractivity contribution is -0.116. The Morgan fingerprint density at radius 2 is 2.00 bits per heavy atom. The van der Waals surface area contributed by atoms with E-state index in [4.69, 9.17) is 16.0 Å². The summed E-state index contributed by atoms with van der Waals surface area (Å²) < 4.78 is 29.1. The summed E-state index contributed by atoms with van der Waals surface area (Å²) in [6.45, 7) is 0. The van der Waals surface area contributed by atoms with E-state index in [1.165, 1.54) is 12.3 Å². The van der Waals surface area contributed by atoms with Crippen molar-refractivity contribution in [1.82, 2.24) is 9.97 Å². The zero-order chi connectivity index (χ0) is 22.7. The van der Waals surface area contributed by atoms with Gasteiger partial charge in [0.1, 0.15) is 5.69 Å². The predicted octanol–water partition coefficient (Wildman–Crippen LogP) is 5.10. The molecule has 1 aliphatic carbocycles. The topological polar surface area (TPSA) is 102 Å². The normalized spacial score (nSPS) is 15.6. The van der Waals surface area contributed by atoms with Crippen LogP contribution < -0.4 is 5.32 Å². The first kappa shape index (κ1) is 22.5. The molecule has 0 saturated heterocycles. The largest absolute Gasteiger partial charge is 0.463 e. The first-order valence-electron chi connectivity index (χ1n) is 10.5. The maximum absolute atomic E-state index is 12.9. The van der Waals surface area contributed by atoms with Crippen LogP contribution in [-0.4, -0.2) is 30.5 Å². The Morgan fingerprint density at radius 1 is 1.22 bits per heavy atom. The van der Waals surface area contributed by atoms with E-state index in [2.05, 4.69) is 15.3 Å². The number of nitrogens with one attached hydrogen (secondary N) is 1. The third-order valence-corrected chi connectivity index (χ3v) is 7.43. The molecule has 1 amide bonds. The number of sulfone groups is 1. The first-order valence-corrected chi connectivity index (χ1v) is 12.7. The lowest BCUT2D eigenvalue weighted by Gasteiger charge is -2.24. The molecule has 1 N–H and O–H groups in total. The smallest absolute Gasteiger partial charge is 0.226 e. The Hall–Kier alpha value is -2.71. The monoisotopic (exact) mass is 473 g/mol. The molecule has 32 heavy (non-hydrogen) atoms. The highest BCUT2D eigenvalue weighted by Crippen LogP contribution is 2.41. The van der Waals surface area contributed by atoms with E-state index in [-0.39, 0.29) is 28.2 Å². The van der Waals surface area contributed by atoms with E-state index in [1.807, 2.05) is 0 Å². The molecule has 0 radical (unpaired) electrons. The average molecular weight is 474 g/mol. The van der Waals surface area contributed by atoms with Gasteiger partial charge in [0.05, 0.1) is 28.6 Å². The Bertz CT molecular complexity index is 1190. The van der Waals surface area contributed by atoms with E-state index in [1.54, 1.807) is 36.7 Å². The molecule has 1 unspecified atom stereocenters. The van der Waals surface area contributed by atoms with Gasteiger partial charge in [0, 0.05) is 12.7 Å². The second kappa shape index (κ2) is 9.42. The SMILES string of the molecule is CS(=O)(=O)c1ccc(C(CC(=O)Nc2cnc(-c3ccco3)cn2)C2CCCC2)cc1Cl. The summed E-state index contributed by atoms with van der Waals surface area (Å²) in [5.74, 6) is 1.07. The highest BCUT2D eigenvalue weighted by molar-refractivity contribution is 7.90. The zero-order valence-electron chi connectivity index (χ0n) is 17.6. The van der Waals surface area contributed by atoms with E-state index in [0.717, 1.165) is 37.5 Å². The number of benzene rings is 1. The highest BCUT2D eigenvalue weighted by Gasteiger charge is 2.29. The van der Waals surface area contributed by atoms with Gasteiger partial charge < -0.3 is 9.73 Å². The Labute approximate surface area is 192 Å². The number of aromatic nitrogens is 2. The molecule has 1 saturated carbocycles. The highest BCUT2D eigenvalue weighted by atomic mass is 35.5. The van der Waals surface area contributed by atoms with Gasteiger partial charge in [0.15, 0.2) is 21.4 Å². The third kappa shape index (κ3) is 5.19. The van der Waals surface area contributed by atoms with Gasteiger partial charge in [0.2, 0.25) is 5.91 Å². The molecule has 1 aromatic carbocycles. The van der Waals surface area contributed by atoms with Crippen molar-refractivity contribution in [2.24, 2.45) is 5.92 Å². The molecule has 7 nitrogen and oxygen atoms in total. The fraction of sp³-hybridized carbons (Fsp3) is 0.348. The van der Waals surface area contributed by atoms with Crippen LogP contribution in [0.4, 0.5) is 5.82 Å². The lowest BCUT2D eigenvalue weighted by Crippen LogP contribution is -2.20. The van der Waals surface area contributed by atoms with Crippen molar-refractivity contribution in [3.05, 3.63) is 59.6 Å². The predicted molar refractivity (Wildman–Crippen MR) is 122 cm³/mol. The van der Waals surface area contributed by atoms with Crippen LogP contribution in [0.3, 0.4) is 0 Å². The summed E-state index contributed by atoms with van der Waals surface area (Å²) in [4.78, 5) is 21.5. The van der Waals surface area contributed by atoms with Gasteiger partial charge >= 0.3 is 0 Å². The molecule has 1 atom stereocenters. The second-order valence-corrected chi connectivity index (χ2v) is 10.5. The molecule has 0 spiro atoms. The Kier molecular flexibility index (Phi) is 6.62. The van der Waals surface area contributed by atoms with Gasteiger partial charge in [-0.3, -0.25) is 4.79 Å². The summed E-state index contributed by atoms with van der Waals surface area (Å²) in [7, 11) is -3.41. The van der Waals surface area contributed by atoms with Crippen molar-refractivity contribution in [3.8, 4) is 11.5 Å². The molecule has 168 valence electrons. The van der Waals surface area contributed by atoms with E-state index in [9.17, 15) is 13.2 Å². The zero-order valence-corrected chi connectivity index (χ0v) is 19.2. The van der Waals surface area contributed by atoms with Crippen LogP contribution in [0.2, 0.25) is 5.02 Å². The maximum atomic E-state index is 12.9. The number of halogens is 1. The fourth-order valence-corrected chi connectivity index (χ4v) is 5.64. The Morgan fingerprint density at radius 3 is 2.59 bits per heavy atom. The quantitative estimate of drug-likeness (QED) is 0.512. The molecule has 1 fully saturated rings. The van der Waals surface area contributed by atoms with Crippen LogP contribution in [0.15, 0.2) is 58.3 Å². The number of amides is 1. The molecule has 4 rings (SSSR count). The maximum Gasteiger partial charge on any atom is 0.226 e. The number of anilines is 1. The minimum absolute atomic E-state index is 0.0565. The summed E-state index contributed by atoms with van der Waals surface area (Å²) in [6, 6.07) is 8.55. The van der Waals surface area contributed by atoms with Crippen molar-refractivity contribution in [1.29, 1.82) is 0 Å². The number of carbonyl (C=O) groups is 1. The molecule has 0 bridgehead atoms. The van der Waals surface area contributed by atoms with Crippen molar-refractivity contribution in [3.63, 3.8) is 0 Å². The summed E-state index contributed by atoms with van der Waals surface area (Å²) in [5, 5.41) is 3.00. The van der Waals surface area contributed by atoms with Gasteiger partial charge in [-0.1, -0.05) is 30.5 Å². The summed E-state index contributed by atoms with van der Waals surface area (Å²) in [5.41, 5.74) is 1.46. The number of carbonyl (C=O) groups excluding carboxylic acids is 1. The molecule has 0 aliphatic heterocycles. The number of hydrogen-bond acceptors (Lipinski definition) is 6. The lowest BCUT2D eigenvalue weighted by atomic mass is 9.82. The van der Waals surface area contributed by atoms with Gasteiger partial charge in [-0.25, -0.2) is 18.4 Å². The number of nitrogens with zero attached hydrogens (tertiary/aromatic N) is 2. The van der Waals surface area contributed by atoms with Gasteiger partial charge in [-0.15, -0.1) is 0 Å². The van der Waals surface area contributed by atoms with Gasteiger partial charge in [-0.2, -0.15) is 0 Å². The number of hydrogen-bond donors (Lipinski definition) is 1. The van der Waals surface area contributed by atoms with Crippen molar-refractivity contribution < 1.29 is 17.6 Å². The first-order chi connectivity index (χ1) is 15.3. The number of rotatable bonds is 7. The molecule has 2 aromatic heterocycles. The minimum atomic E-state index is -3.41. The van der Waals surface area contributed by atoms with Crippen molar-refractivity contribution in [2.45, 2.75) is 42.9 Å². The molecule has 1 aliphatic rings. The second-order valence-electron chi connectivity index (χ2n) is 8.13. The molecule has 9 heteroatoms. The Balaban J connectivity index is 1.50. The van der Waals surface area contributed by atoms with E-state index in [0.29, 0.717) is 23.2 Å². The van der Waals surface area contributed by atoms with Crippen molar-refractivity contribution >= 4 is 33.2 Å². The van der Waals surface area contributed by atoms with Crippen LogP contribution in [0, 0.1) is 5.92 Å². The standard InChI is InChI=1S/C23H24ClN3O4S/c1-32(29,30)21-9-8-16(11-18(21)24)17(15-5-2-3-6-15)12-23(28)27-22-14-25-19(13-26-22)20-7-4-10-31-20/h4,7-11,13-15,17H,2-3,5-6,12H2,1H3,(H,26,27,28). The van der Waals surface area contributed by atoms with Crippen molar-refractivity contribution in [2.75, 3.05) is 11.6 Å². The van der Waals surface area contributed by atoms with Crippen LogP contribution in [0.25, 0.3) is 11.5 Å². The van der Waals surface area contributed by atoms with E-state index < -0.39 is 9.84 Å². The van der Waals surface area contributed by atoms with E-state index >= 15 is 0 Å². The van der Waals surface area contributed by atoms with Crippen LogP contribution in [0.1, 0.15) is 43.6 Å². The fourth-order valence-electron chi connectivity index (χ4n) is 4.30. The minimum Gasteiger partial charge on any atom is -0.463 e. The summed E-state index contributed by atoms with van der Waals surface area (Å²) in [6.07, 6.45) is 10.3.